The number of piperidine rings is 1. The quantitative estimate of drug-likeness (QED) is 0.787. The zero-order chi connectivity index (χ0) is 15.2. The first-order valence-corrected chi connectivity index (χ1v) is 7.15. The lowest BCUT2D eigenvalue weighted by Crippen LogP contribution is -2.50. The zero-order valence-corrected chi connectivity index (χ0v) is 12.0. The highest BCUT2D eigenvalue weighted by Gasteiger charge is 2.30. The van der Waals surface area contributed by atoms with Crippen LogP contribution in [0.3, 0.4) is 0 Å². The molecule has 0 aliphatic carbocycles. The molecule has 1 aliphatic rings. The number of hydrogen-bond donors (Lipinski definition) is 2. The smallest absolute Gasteiger partial charge is 0.240 e. The summed E-state index contributed by atoms with van der Waals surface area (Å²) in [5.74, 6) is 0.107. The summed E-state index contributed by atoms with van der Waals surface area (Å²) in [6.45, 7) is 0.842. The van der Waals surface area contributed by atoms with Crippen LogP contribution in [0.5, 0.6) is 5.75 Å². The van der Waals surface area contributed by atoms with Gasteiger partial charge in [-0.2, -0.15) is 0 Å². The molecule has 2 rings (SSSR count). The number of nitrogen functional groups attached to an aromatic ring is 1. The van der Waals surface area contributed by atoms with E-state index in [4.69, 9.17) is 16.2 Å². The number of nitrogens with two attached hydrogens (primary N) is 2. The average molecular weight is 291 g/mol. The highest BCUT2D eigenvalue weighted by atomic mass is 16.5. The number of benzene rings is 1. The maximum Gasteiger partial charge on any atom is 0.240 e. The molecule has 6 nitrogen and oxygen atoms in total. The Morgan fingerprint density at radius 3 is 2.86 bits per heavy atom. The third-order valence-corrected chi connectivity index (χ3v) is 3.59. The van der Waals surface area contributed by atoms with Crippen molar-refractivity contribution in [1.29, 1.82) is 0 Å². The molecule has 2 amide bonds. The molecule has 0 saturated carbocycles. The Kier molecular flexibility index (Phi) is 5.03. The van der Waals surface area contributed by atoms with E-state index in [1.807, 2.05) is 0 Å². The van der Waals surface area contributed by atoms with Gasteiger partial charge in [0.15, 0.2) is 0 Å². The van der Waals surface area contributed by atoms with Crippen molar-refractivity contribution in [2.75, 3.05) is 18.9 Å². The SMILES string of the molecule is NC(=O)C1CCCCN1C(=O)CCOc1cccc(N)c1. The highest BCUT2D eigenvalue weighted by Crippen LogP contribution is 2.18. The van der Waals surface area contributed by atoms with Gasteiger partial charge in [-0.25, -0.2) is 0 Å². The summed E-state index contributed by atoms with van der Waals surface area (Å²) in [6.07, 6.45) is 2.71. The first kappa shape index (κ1) is 15.2. The number of carbonyl (C=O) groups excluding carboxylic acids is 2. The zero-order valence-electron chi connectivity index (χ0n) is 12.0. The van der Waals surface area contributed by atoms with Crippen LogP contribution in [0.1, 0.15) is 25.7 Å². The molecular formula is C15H21N3O3. The van der Waals surface area contributed by atoms with Crippen LogP contribution in [-0.4, -0.2) is 35.9 Å². The lowest BCUT2D eigenvalue weighted by Gasteiger charge is -2.33. The molecule has 0 aromatic heterocycles. The summed E-state index contributed by atoms with van der Waals surface area (Å²) in [5, 5.41) is 0. The summed E-state index contributed by atoms with van der Waals surface area (Å²) in [4.78, 5) is 25.1. The summed E-state index contributed by atoms with van der Waals surface area (Å²) in [5.41, 5.74) is 11.6. The van der Waals surface area contributed by atoms with Gasteiger partial charge in [0, 0.05) is 18.3 Å². The minimum absolute atomic E-state index is 0.0950. The molecule has 1 fully saturated rings. The number of anilines is 1. The molecule has 1 aromatic rings. The maximum absolute atomic E-state index is 12.2. The molecule has 0 spiro atoms. The van der Waals surface area contributed by atoms with E-state index < -0.39 is 11.9 Å². The van der Waals surface area contributed by atoms with E-state index in [0.717, 1.165) is 12.8 Å². The number of amides is 2. The van der Waals surface area contributed by atoms with Crippen molar-refractivity contribution in [2.24, 2.45) is 5.73 Å². The second-order valence-electron chi connectivity index (χ2n) is 5.17. The number of rotatable bonds is 5. The predicted molar refractivity (Wildman–Crippen MR) is 79.5 cm³/mol. The largest absolute Gasteiger partial charge is 0.493 e. The van der Waals surface area contributed by atoms with E-state index in [1.165, 1.54) is 0 Å². The maximum atomic E-state index is 12.2. The molecule has 1 aromatic carbocycles. The van der Waals surface area contributed by atoms with Gasteiger partial charge in [0.05, 0.1) is 13.0 Å². The summed E-state index contributed by atoms with van der Waals surface area (Å²) < 4.78 is 5.50. The van der Waals surface area contributed by atoms with Crippen molar-refractivity contribution in [3.05, 3.63) is 24.3 Å². The van der Waals surface area contributed by atoms with Gasteiger partial charge in [0.1, 0.15) is 11.8 Å². The first-order chi connectivity index (χ1) is 10.1. The van der Waals surface area contributed by atoms with Gasteiger partial charge in [-0.15, -0.1) is 0 Å². The van der Waals surface area contributed by atoms with Crippen molar-refractivity contribution in [3.8, 4) is 5.75 Å². The monoisotopic (exact) mass is 291 g/mol. The lowest BCUT2D eigenvalue weighted by atomic mass is 10.0. The van der Waals surface area contributed by atoms with Crippen LogP contribution in [0.15, 0.2) is 24.3 Å². The predicted octanol–water partition coefficient (Wildman–Crippen LogP) is 0.904. The van der Waals surface area contributed by atoms with Crippen molar-refractivity contribution >= 4 is 17.5 Å². The number of primary amides is 1. The molecule has 1 saturated heterocycles. The summed E-state index contributed by atoms with van der Waals surface area (Å²) in [6, 6.07) is 6.58. The van der Waals surface area contributed by atoms with Crippen molar-refractivity contribution in [3.63, 3.8) is 0 Å². The Bertz CT molecular complexity index is 519. The molecule has 21 heavy (non-hydrogen) atoms. The second-order valence-corrected chi connectivity index (χ2v) is 5.17. The van der Waals surface area contributed by atoms with E-state index in [-0.39, 0.29) is 18.9 Å². The topological polar surface area (TPSA) is 98.7 Å². The summed E-state index contributed by atoms with van der Waals surface area (Å²) >= 11 is 0. The van der Waals surface area contributed by atoms with Crippen LogP contribution in [0.25, 0.3) is 0 Å². The molecule has 4 N–H and O–H groups in total. The molecule has 114 valence electrons. The van der Waals surface area contributed by atoms with Gasteiger partial charge < -0.3 is 21.1 Å². The van der Waals surface area contributed by atoms with Crippen LogP contribution < -0.4 is 16.2 Å². The Morgan fingerprint density at radius 2 is 2.14 bits per heavy atom. The van der Waals surface area contributed by atoms with Gasteiger partial charge in [-0.05, 0) is 31.4 Å². The van der Waals surface area contributed by atoms with Gasteiger partial charge in [-0.3, -0.25) is 9.59 Å². The van der Waals surface area contributed by atoms with E-state index in [0.29, 0.717) is 24.4 Å². The number of ether oxygens (including phenoxy) is 1. The minimum Gasteiger partial charge on any atom is -0.493 e. The Labute approximate surface area is 124 Å². The third-order valence-electron chi connectivity index (χ3n) is 3.59. The molecule has 0 bridgehead atoms. The normalized spacial score (nSPS) is 18.3. The molecule has 6 heteroatoms. The Hall–Kier alpha value is -2.24. The molecule has 0 radical (unpaired) electrons. The van der Waals surface area contributed by atoms with Gasteiger partial charge in [0.25, 0.3) is 0 Å². The van der Waals surface area contributed by atoms with E-state index in [9.17, 15) is 9.59 Å². The fraction of sp³-hybridized carbons (Fsp3) is 0.467. The number of carbonyl (C=O) groups is 2. The highest BCUT2D eigenvalue weighted by molar-refractivity contribution is 5.86. The van der Waals surface area contributed by atoms with Gasteiger partial charge in [0.2, 0.25) is 11.8 Å². The van der Waals surface area contributed by atoms with Crippen molar-refractivity contribution in [2.45, 2.75) is 31.7 Å². The number of likely N-dealkylation sites (tertiary alicyclic amines) is 1. The van der Waals surface area contributed by atoms with E-state index in [1.54, 1.807) is 29.2 Å². The van der Waals surface area contributed by atoms with E-state index >= 15 is 0 Å². The molecule has 1 atom stereocenters. The third kappa shape index (κ3) is 4.11. The van der Waals surface area contributed by atoms with Gasteiger partial charge >= 0.3 is 0 Å². The molecular weight excluding hydrogens is 270 g/mol. The molecule has 1 aliphatic heterocycles. The van der Waals surface area contributed by atoms with Gasteiger partial charge in [-0.1, -0.05) is 6.07 Å². The molecule has 1 heterocycles. The van der Waals surface area contributed by atoms with Crippen LogP contribution in [0.2, 0.25) is 0 Å². The minimum atomic E-state index is -0.474. The number of nitrogens with zero attached hydrogens (tertiary/aromatic N) is 1. The lowest BCUT2D eigenvalue weighted by molar-refractivity contribution is -0.141. The van der Waals surface area contributed by atoms with Crippen LogP contribution in [0.4, 0.5) is 5.69 Å². The molecule has 1 unspecified atom stereocenters. The average Bonchev–Trinajstić information content (AvgIpc) is 2.47. The Balaban J connectivity index is 1.84. The first-order valence-electron chi connectivity index (χ1n) is 7.15. The standard InChI is InChI=1S/C15H21N3O3/c16-11-4-3-5-12(10-11)21-9-7-14(19)18-8-2-1-6-13(18)15(17)20/h3-5,10,13H,1-2,6-9,16H2,(H2,17,20). The fourth-order valence-corrected chi connectivity index (χ4v) is 2.53. The van der Waals surface area contributed by atoms with Crippen LogP contribution >= 0.6 is 0 Å². The number of hydrogen-bond acceptors (Lipinski definition) is 4. The fourth-order valence-electron chi connectivity index (χ4n) is 2.53. The van der Waals surface area contributed by atoms with Crippen molar-refractivity contribution in [1.82, 2.24) is 4.90 Å². The van der Waals surface area contributed by atoms with Crippen LogP contribution in [-0.2, 0) is 9.59 Å². The Morgan fingerprint density at radius 1 is 1.33 bits per heavy atom. The van der Waals surface area contributed by atoms with Crippen LogP contribution in [0, 0.1) is 0 Å². The second kappa shape index (κ2) is 6.97. The van der Waals surface area contributed by atoms with E-state index in [2.05, 4.69) is 0 Å². The van der Waals surface area contributed by atoms with Crippen molar-refractivity contribution < 1.29 is 14.3 Å². The summed E-state index contributed by atoms with van der Waals surface area (Å²) in [7, 11) is 0.